The molecule has 1 aliphatic carbocycles. The Labute approximate surface area is 328 Å². The Bertz CT molecular complexity index is 3240. The van der Waals surface area contributed by atoms with E-state index in [2.05, 4.69) is 165 Å². The third-order valence-electron chi connectivity index (χ3n) is 11.9. The van der Waals surface area contributed by atoms with Crippen molar-refractivity contribution in [3.8, 4) is 33.6 Å². The normalized spacial score (nSPS) is 13.1. The number of rotatable bonds is 5. The van der Waals surface area contributed by atoms with Crippen LogP contribution in [0.4, 0.5) is 0 Å². The molecular weight excluding hydrogens is 697 g/mol. The fourth-order valence-electron chi connectivity index (χ4n) is 9.53. The van der Waals surface area contributed by atoms with Crippen LogP contribution in [0, 0.1) is 0 Å². The second-order valence-electron chi connectivity index (χ2n) is 14.7. The maximum absolute atomic E-state index is 5.04. The van der Waals surface area contributed by atoms with Gasteiger partial charge in [0, 0.05) is 75.7 Å². The molecule has 12 rings (SSSR count). The van der Waals surface area contributed by atoms with E-state index in [9.17, 15) is 0 Å². The molecule has 0 amide bonds. The topological polar surface area (TPSA) is 61.4 Å². The molecule has 6 aromatic heterocycles. The van der Waals surface area contributed by atoms with Gasteiger partial charge in [0.25, 0.3) is 0 Å². The first-order valence-corrected chi connectivity index (χ1v) is 19.2. The van der Waals surface area contributed by atoms with E-state index in [1.54, 1.807) is 0 Å². The van der Waals surface area contributed by atoms with E-state index in [0.29, 0.717) is 0 Å². The molecule has 0 atom stereocenters. The number of benzene rings is 5. The van der Waals surface area contributed by atoms with Crippen LogP contribution in [0.3, 0.4) is 0 Å². The van der Waals surface area contributed by atoms with Crippen molar-refractivity contribution in [1.82, 2.24) is 29.1 Å². The highest BCUT2D eigenvalue weighted by atomic mass is 15.0. The van der Waals surface area contributed by atoms with Crippen LogP contribution in [0.25, 0.3) is 77.2 Å². The quantitative estimate of drug-likeness (QED) is 0.177. The van der Waals surface area contributed by atoms with E-state index in [1.165, 1.54) is 44.1 Å². The molecule has 0 spiro atoms. The molecule has 266 valence electrons. The number of para-hydroxylation sites is 1. The first-order chi connectivity index (χ1) is 28.3. The van der Waals surface area contributed by atoms with Crippen molar-refractivity contribution in [2.45, 2.75) is 5.41 Å². The Kier molecular flexibility index (Phi) is 6.74. The van der Waals surface area contributed by atoms with Crippen molar-refractivity contribution in [3.05, 3.63) is 217 Å². The Morgan fingerprint density at radius 3 is 1.58 bits per heavy atom. The second kappa shape index (κ2) is 12.2. The van der Waals surface area contributed by atoms with Gasteiger partial charge in [0.15, 0.2) is 0 Å². The van der Waals surface area contributed by atoms with Gasteiger partial charge in [0.1, 0.15) is 5.41 Å². The molecule has 0 unspecified atom stereocenters. The predicted octanol–water partition coefficient (Wildman–Crippen LogP) is 11.5. The molecule has 0 N–H and O–H groups in total. The summed E-state index contributed by atoms with van der Waals surface area (Å²) in [5.74, 6) is 0. The largest absolute Gasteiger partial charge is 0.309 e. The fraction of sp³-hybridized carbons (Fsp3) is 0.0196. The van der Waals surface area contributed by atoms with E-state index >= 15 is 0 Å². The van der Waals surface area contributed by atoms with E-state index in [0.717, 1.165) is 55.7 Å². The Morgan fingerprint density at radius 2 is 0.947 bits per heavy atom. The van der Waals surface area contributed by atoms with Gasteiger partial charge in [0.2, 0.25) is 0 Å². The number of nitrogens with zero attached hydrogens (tertiary/aromatic N) is 6. The molecule has 0 fully saturated rings. The minimum atomic E-state index is -0.688. The highest BCUT2D eigenvalue weighted by molar-refractivity contribution is 6.16. The summed E-state index contributed by atoms with van der Waals surface area (Å²) in [5, 5.41) is 4.63. The van der Waals surface area contributed by atoms with Crippen LogP contribution < -0.4 is 0 Å². The van der Waals surface area contributed by atoms with Gasteiger partial charge >= 0.3 is 0 Å². The van der Waals surface area contributed by atoms with Crippen molar-refractivity contribution in [2.24, 2.45) is 0 Å². The lowest BCUT2D eigenvalue weighted by Crippen LogP contribution is -2.30. The first kappa shape index (κ1) is 31.6. The molecule has 5 aromatic carbocycles. The van der Waals surface area contributed by atoms with Crippen molar-refractivity contribution in [1.29, 1.82) is 0 Å². The number of fused-ring (bicyclic) bond motifs is 10. The summed E-state index contributed by atoms with van der Waals surface area (Å²) in [5.41, 5.74) is 15.1. The van der Waals surface area contributed by atoms with Crippen LogP contribution in [0.15, 0.2) is 195 Å². The van der Waals surface area contributed by atoms with Gasteiger partial charge < -0.3 is 9.13 Å². The van der Waals surface area contributed by atoms with Crippen molar-refractivity contribution in [2.75, 3.05) is 0 Å². The first-order valence-electron chi connectivity index (χ1n) is 19.2. The molecule has 6 heteroatoms. The number of hydrogen-bond donors (Lipinski definition) is 0. The lowest BCUT2D eigenvalue weighted by molar-refractivity contribution is 0.706. The van der Waals surface area contributed by atoms with Crippen LogP contribution in [-0.2, 0) is 5.41 Å². The molecule has 6 heterocycles. The van der Waals surface area contributed by atoms with Crippen LogP contribution in [-0.4, -0.2) is 29.1 Å². The monoisotopic (exact) mass is 728 g/mol. The van der Waals surface area contributed by atoms with Crippen LogP contribution in [0.5, 0.6) is 0 Å². The lowest BCUT2D eigenvalue weighted by atomic mass is 9.72. The van der Waals surface area contributed by atoms with Gasteiger partial charge in [-0.1, -0.05) is 91.0 Å². The van der Waals surface area contributed by atoms with Crippen LogP contribution in [0.2, 0.25) is 0 Å². The van der Waals surface area contributed by atoms with Crippen molar-refractivity contribution >= 4 is 43.6 Å². The molecule has 57 heavy (non-hydrogen) atoms. The molecule has 0 saturated heterocycles. The van der Waals surface area contributed by atoms with E-state index in [1.807, 2.05) is 49.3 Å². The lowest BCUT2D eigenvalue weighted by Gasteiger charge is -2.31. The zero-order chi connectivity index (χ0) is 37.5. The molecule has 0 radical (unpaired) electrons. The highest BCUT2D eigenvalue weighted by Crippen LogP contribution is 2.57. The average molecular weight is 729 g/mol. The standard InChI is InChI=1S/C51H32N6/c1-3-11-42-39(10-1)49-43(51(42,47-13-5-7-27-54-47)48-14-6-8-28-55-48)24-23-38-37-9-2-4-12-44(37)57(50(38)49)36-21-17-34(18-22-36)33-15-19-35(20-16-33)56-45-25-29-52-31-40(45)41-32-53-30-26-46(41)56/h1-32H. The molecular formula is C51H32N6. The SMILES string of the molecule is c1ccc(C2(c3ccccn3)c3ccccc3-c3c2ccc2c4ccccc4n(-c4ccc(-c5ccc(-n6c7ccncc7c7cnccc76)cc5)cc4)c32)nc1. The summed E-state index contributed by atoms with van der Waals surface area (Å²) < 4.78 is 4.74. The van der Waals surface area contributed by atoms with Crippen LogP contribution >= 0.6 is 0 Å². The van der Waals surface area contributed by atoms with E-state index in [-0.39, 0.29) is 0 Å². The van der Waals surface area contributed by atoms with E-state index in [4.69, 9.17) is 9.97 Å². The third kappa shape index (κ3) is 4.41. The Morgan fingerprint density at radius 1 is 0.386 bits per heavy atom. The van der Waals surface area contributed by atoms with Gasteiger partial charge in [-0.15, -0.1) is 0 Å². The number of aromatic nitrogens is 6. The van der Waals surface area contributed by atoms with Gasteiger partial charge in [-0.25, -0.2) is 0 Å². The smallest absolute Gasteiger partial charge is 0.106 e. The summed E-state index contributed by atoms with van der Waals surface area (Å²) >= 11 is 0. The molecule has 11 aromatic rings. The molecule has 0 saturated carbocycles. The zero-order valence-corrected chi connectivity index (χ0v) is 30.7. The van der Waals surface area contributed by atoms with E-state index < -0.39 is 5.41 Å². The Balaban J connectivity index is 1.03. The maximum atomic E-state index is 5.04. The van der Waals surface area contributed by atoms with Gasteiger partial charge in [0.05, 0.1) is 33.5 Å². The third-order valence-corrected chi connectivity index (χ3v) is 11.9. The summed E-state index contributed by atoms with van der Waals surface area (Å²) in [4.78, 5) is 18.9. The predicted molar refractivity (Wildman–Crippen MR) is 229 cm³/mol. The fourth-order valence-corrected chi connectivity index (χ4v) is 9.53. The average Bonchev–Trinajstić information content (AvgIpc) is 3.92. The molecule has 1 aliphatic rings. The van der Waals surface area contributed by atoms with Crippen LogP contribution in [0.1, 0.15) is 22.5 Å². The molecule has 6 nitrogen and oxygen atoms in total. The molecule has 0 bridgehead atoms. The minimum absolute atomic E-state index is 0.688. The van der Waals surface area contributed by atoms with Gasteiger partial charge in [-0.05, 0) is 94.5 Å². The van der Waals surface area contributed by atoms with Crippen molar-refractivity contribution in [3.63, 3.8) is 0 Å². The number of pyridine rings is 4. The van der Waals surface area contributed by atoms with Gasteiger partial charge in [-0.2, -0.15) is 0 Å². The summed E-state index contributed by atoms with van der Waals surface area (Å²) in [6.07, 6.45) is 11.3. The summed E-state index contributed by atoms with van der Waals surface area (Å²) in [6.45, 7) is 0. The summed E-state index contributed by atoms with van der Waals surface area (Å²) in [6, 6.07) is 56.6. The highest BCUT2D eigenvalue weighted by Gasteiger charge is 2.49. The zero-order valence-electron chi connectivity index (χ0n) is 30.7. The summed E-state index contributed by atoms with van der Waals surface area (Å²) in [7, 11) is 0. The maximum Gasteiger partial charge on any atom is 0.106 e. The van der Waals surface area contributed by atoms with Gasteiger partial charge in [-0.3, -0.25) is 19.9 Å². The minimum Gasteiger partial charge on any atom is -0.309 e. The number of hydrogen-bond acceptors (Lipinski definition) is 4. The Hall–Kier alpha value is -7.70. The second-order valence-corrected chi connectivity index (χ2v) is 14.7. The molecule has 0 aliphatic heterocycles. The van der Waals surface area contributed by atoms with Crippen molar-refractivity contribution < 1.29 is 0 Å².